The molecule has 0 spiro atoms. The molecule has 0 radical (unpaired) electrons. The number of halogens is 1. The van der Waals surface area contributed by atoms with Gasteiger partial charge in [0.25, 0.3) is 0 Å². The highest BCUT2D eigenvalue weighted by atomic mass is 19.1. The monoisotopic (exact) mass is 266 g/mol. The van der Waals surface area contributed by atoms with E-state index in [1.165, 1.54) is 12.1 Å². The van der Waals surface area contributed by atoms with Gasteiger partial charge in [0.05, 0.1) is 0 Å². The van der Waals surface area contributed by atoms with E-state index >= 15 is 0 Å². The van der Waals surface area contributed by atoms with Gasteiger partial charge in [0.1, 0.15) is 5.82 Å². The number of rotatable bonds is 7. The van der Waals surface area contributed by atoms with E-state index in [-0.39, 0.29) is 24.2 Å². The predicted octanol–water partition coefficient (Wildman–Crippen LogP) is 2.86. The van der Waals surface area contributed by atoms with Gasteiger partial charge < -0.3 is 10.6 Å². The fraction of sp³-hybridized carbons (Fsp3) is 0.533. The lowest BCUT2D eigenvalue weighted by Gasteiger charge is -2.23. The van der Waals surface area contributed by atoms with Crippen LogP contribution in [0.1, 0.15) is 44.7 Å². The summed E-state index contributed by atoms with van der Waals surface area (Å²) in [7, 11) is 0. The Morgan fingerprint density at radius 1 is 1.21 bits per heavy atom. The molecule has 106 valence electrons. The summed E-state index contributed by atoms with van der Waals surface area (Å²) in [6.45, 7) is 5.64. The topological polar surface area (TPSA) is 46.3 Å². The molecule has 0 heterocycles. The first kappa shape index (κ1) is 15.6. The van der Waals surface area contributed by atoms with Gasteiger partial charge in [-0.2, -0.15) is 0 Å². The van der Waals surface area contributed by atoms with Crippen molar-refractivity contribution in [1.82, 2.24) is 4.90 Å². The number of carbonyl (C=O) groups is 1. The Hall–Kier alpha value is -1.42. The fourth-order valence-corrected chi connectivity index (χ4v) is 2.05. The van der Waals surface area contributed by atoms with E-state index in [1.54, 1.807) is 12.1 Å². The molecule has 0 aliphatic rings. The van der Waals surface area contributed by atoms with Crippen LogP contribution >= 0.6 is 0 Å². The summed E-state index contributed by atoms with van der Waals surface area (Å²) < 4.78 is 12.8. The van der Waals surface area contributed by atoms with E-state index < -0.39 is 0 Å². The number of nitrogens with zero attached hydrogens (tertiary/aromatic N) is 1. The van der Waals surface area contributed by atoms with Crippen LogP contribution in [0.15, 0.2) is 24.3 Å². The van der Waals surface area contributed by atoms with Crippen LogP contribution in [0.25, 0.3) is 0 Å². The van der Waals surface area contributed by atoms with Crippen LogP contribution in [0, 0.1) is 5.82 Å². The fourth-order valence-electron chi connectivity index (χ4n) is 2.05. The second-order valence-corrected chi connectivity index (χ2v) is 4.74. The van der Waals surface area contributed by atoms with Crippen molar-refractivity contribution in [3.8, 4) is 0 Å². The van der Waals surface area contributed by atoms with Crippen LogP contribution in [0.2, 0.25) is 0 Å². The Balaban J connectivity index is 2.61. The molecule has 1 amide bonds. The molecule has 0 saturated carbocycles. The van der Waals surface area contributed by atoms with Gasteiger partial charge in [-0.25, -0.2) is 4.39 Å². The third-order valence-corrected chi connectivity index (χ3v) is 3.03. The van der Waals surface area contributed by atoms with Crippen LogP contribution in [0.4, 0.5) is 4.39 Å². The maximum atomic E-state index is 12.8. The number of nitrogens with two attached hydrogens (primary N) is 1. The first-order valence-electron chi connectivity index (χ1n) is 6.87. The highest BCUT2D eigenvalue weighted by Gasteiger charge is 2.16. The number of carbonyl (C=O) groups excluding carboxylic acids is 1. The summed E-state index contributed by atoms with van der Waals surface area (Å²) in [5, 5.41) is 0. The molecule has 1 aromatic rings. The molecule has 1 atom stereocenters. The molecule has 0 bridgehead atoms. The molecule has 1 rings (SSSR count). The average Bonchev–Trinajstić information content (AvgIpc) is 2.39. The van der Waals surface area contributed by atoms with Gasteiger partial charge in [-0.1, -0.05) is 26.0 Å². The Kier molecular flexibility index (Phi) is 6.50. The number of amides is 1. The Labute approximate surface area is 114 Å². The SMILES string of the molecule is CCCN(CCC)C(=O)CC(N)c1ccc(F)cc1. The molecular formula is C15H23FN2O. The molecule has 0 fully saturated rings. The van der Waals surface area contributed by atoms with Crippen molar-refractivity contribution < 1.29 is 9.18 Å². The second-order valence-electron chi connectivity index (χ2n) is 4.74. The van der Waals surface area contributed by atoms with Gasteiger partial charge in [-0.05, 0) is 30.5 Å². The number of hydrogen-bond acceptors (Lipinski definition) is 2. The molecule has 0 aromatic heterocycles. The summed E-state index contributed by atoms with van der Waals surface area (Å²) in [6, 6.07) is 5.64. The van der Waals surface area contributed by atoms with Crippen LogP contribution in [-0.2, 0) is 4.79 Å². The molecule has 3 nitrogen and oxygen atoms in total. The Bertz CT molecular complexity index is 386. The van der Waals surface area contributed by atoms with Gasteiger partial charge in [-0.3, -0.25) is 4.79 Å². The van der Waals surface area contributed by atoms with Crippen molar-refractivity contribution in [3.05, 3.63) is 35.6 Å². The van der Waals surface area contributed by atoms with Crippen LogP contribution in [0.3, 0.4) is 0 Å². The van der Waals surface area contributed by atoms with Crippen LogP contribution in [-0.4, -0.2) is 23.9 Å². The predicted molar refractivity (Wildman–Crippen MR) is 75.1 cm³/mol. The van der Waals surface area contributed by atoms with Crippen molar-refractivity contribution in [3.63, 3.8) is 0 Å². The van der Waals surface area contributed by atoms with Crippen LogP contribution in [0.5, 0.6) is 0 Å². The molecule has 19 heavy (non-hydrogen) atoms. The number of hydrogen-bond donors (Lipinski definition) is 1. The van der Waals surface area contributed by atoms with Crippen molar-refractivity contribution >= 4 is 5.91 Å². The zero-order chi connectivity index (χ0) is 14.3. The highest BCUT2D eigenvalue weighted by Crippen LogP contribution is 2.16. The second kappa shape index (κ2) is 7.89. The first-order chi connectivity index (χ1) is 9.08. The summed E-state index contributed by atoms with van der Waals surface area (Å²) in [5.74, 6) is -0.221. The third kappa shape index (κ3) is 4.99. The molecule has 2 N–H and O–H groups in total. The third-order valence-electron chi connectivity index (χ3n) is 3.03. The van der Waals surface area contributed by atoms with Gasteiger partial charge in [0.15, 0.2) is 0 Å². The first-order valence-corrected chi connectivity index (χ1v) is 6.87. The average molecular weight is 266 g/mol. The summed E-state index contributed by atoms with van der Waals surface area (Å²) in [4.78, 5) is 14.0. The largest absolute Gasteiger partial charge is 0.343 e. The summed E-state index contributed by atoms with van der Waals surface area (Å²) >= 11 is 0. The summed E-state index contributed by atoms with van der Waals surface area (Å²) in [5.41, 5.74) is 6.80. The van der Waals surface area contributed by atoms with Crippen molar-refractivity contribution in [1.29, 1.82) is 0 Å². The van der Waals surface area contributed by atoms with E-state index in [0.29, 0.717) is 0 Å². The molecule has 1 unspecified atom stereocenters. The molecule has 0 saturated heterocycles. The van der Waals surface area contributed by atoms with E-state index in [1.807, 2.05) is 4.90 Å². The smallest absolute Gasteiger partial charge is 0.224 e. The summed E-state index contributed by atoms with van der Waals surface area (Å²) in [6.07, 6.45) is 2.15. The maximum absolute atomic E-state index is 12.8. The van der Waals surface area contributed by atoms with E-state index in [4.69, 9.17) is 5.73 Å². The minimum atomic E-state index is -0.371. The van der Waals surface area contributed by atoms with Gasteiger partial charge >= 0.3 is 0 Å². The quantitative estimate of drug-likeness (QED) is 0.825. The van der Waals surface area contributed by atoms with Crippen molar-refractivity contribution in [2.75, 3.05) is 13.1 Å². The Morgan fingerprint density at radius 2 is 1.74 bits per heavy atom. The Morgan fingerprint density at radius 3 is 2.21 bits per heavy atom. The number of benzene rings is 1. The maximum Gasteiger partial charge on any atom is 0.224 e. The lowest BCUT2D eigenvalue weighted by Crippen LogP contribution is -2.34. The van der Waals surface area contributed by atoms with E-state index in [9.17, 15) is 9.18 Å². The van der Waals surface area contributed by atoms with Crippen LogP contribution < -0.4 is 5.73 Å². The molecule has 0 aliphatic carbocycles. The molecule has 0 aliphatic heterocycles. The van der Waals surface area contributed by atoms with Gasteiger partial charge in [-0.15, -0.1) is 0 Å². The standard InChI is InChI=1S/C15H23FN2O/c1-3-9-18(10-4-2)15(19)11-14(17)12-5-7-13(16)8-6-12/h5-8,14H,3-4,9-11,17H2,1-2H3. The van der Waals surface area contributed by atoms with E-state index in [0.717, 1.165) is 31.5 Å². The van der Waals surface area contributed by atoms with E-state index in [2.05, 4.69) is 13.8 Å². The molecule has 4 heteroatoms. The van der Waals surface area contributed by atoms with Crippen molar-refractivity contribution in [2.45, 2.75) is 39.2 Å². The lowest BCUT2D eigenvalue weighted by molar-refractivity contribution is -0.131. The van der Waals surface area contributed by atoms with Gasteiger partial charge in [0.2, 0.25) is 5.91 Å². The zero-order valence-corrected chi connectivity index (χ0v) is 11.7. The zero-order valence-electron chi connectivity index (χ0n) is 11.7. The minimum absolute atomic E-state index is 0.0699. The lowest BCUT2D eigenvalue weighted by atomic mass is 10.0. The molecular weight excluding hydrogens is 243 g/mol. The normalized spacial score (nSPS) is 12.2. The highest BCUT2D eigenvalue weighted by molar-refractivity contribution is 5.77. The minimum Gasteiger partial charge on any atom is -0.343 e. The molecule has 1 aromatic carbocycles. The van der Waals surface area contributed by atoms with Crippen molar-refractivity contribution in [2.24, 2.45) is 5.73 Å². The van der Waals surface area contributed by atoms with Gasteiger partial charge in [0, 0.05) is 25.6 Å².